The van der Waals surface area contributed by atoms with E-state index in [1.54, 1.807) is 19.1 Å². The minimum absolute atomic E-state index is 0.257. The van der Waals surface area contributed by atoms with Gasteiger partial charge in [-0.3, -0.25) is 0 Å². The lowest BCUT2D eigenvalue weighted by Crippen LogP contribution is -2.35. The molecule has 6 heteroatoms. The Morgan fingerprint density at radius 3 is 2.47 bits per heavy atom. The average molecular weight is 286 g/mol. The molecular formula is C13H22N2O3S. The van der Waals surface area contributed by atoms with Crippen molar-refractivity contribution >= 4 is 10.0 Å². The number of hydrogen-bond acceptors (Lipinski definition) is 4. The Kier molecular flexibility index (Phi) is 6.44. The van der Waals surface area contributed by atoms with E-state index in [4.69, 9.17) is 10.5 Å². The van der Waals surface area contributed by atoms with Crippen molar-refractivity contribution in [2.45, 2.75) is 30.7 Å². The lowest BCUT2D eigenvalue weighted by molar-refractivity contribution is 0.180. The molecule has 0 aliphatic carbocycles. The third-order valence-corrected chi connectivity index (χ3v) is 4.28. The summed E-state index contributed by atoms with van der Waals surface area (Å²) in [5.74, 6) is 0. The van der Waals surface area contributed by atoms with Gasteiger partial charge in [-0.05, 0) is 44.0 Å². The van der Waals surface area contributed by atoms with E-state index in [1.165, 1.54) is 7.11 Å². The van der Waals surface area contributed by atoms with Crippen LogP contribution in [0, 0.1) is 0 Å². The summed E-state index contributed by atoms with van der Waals surface area (Å²) in [5.41, 5.74) is 6.53. The van der Waals surface area contributed by atoms with Gasteiger partial charge in [0.05, 0.1) is 11.5 Å². The van der Waals surface area contributed by atoms with E-state index in [0.29, 0.717) is 13.2 Å². The first-order valence-electron chi connectivity index (χ1n) is 6.30. The summed E-state index contributed by atoms with van der Waals surface area (Å²) in [5, 5.41) is 0. The standard InChI is InChI=1S/C13H22N2O3S/c1-11(10-18-2)15-19(16,17)13-7-5-12(6-8-13)4-3-9-14/h5-8,11,15H,3-4,9-10,14H2,1-2H3. The molecule has 0 saturated heterocycles. The van der Waals surface area contributed by atoms with Crippen LogP contribution in [0.15, 0.2) is 29.2 Å². The Labute approximate surface area is 115 Å². The van der Waals surface area contributed by atoms with Crippen LogP contribution in [0.1, 0.15) is 18.9 Å². The van der Waals surface area contributed by atoms with Gasteiger partial charge in [-0.2, -0.15) is 0 Å². The second kappa shape index (κ2) is 7.59. The molecule has 1 rings (SSSR count). The van der Waals surface area contributed by atoms with Crippen molar-refractivity contribution in [1.82, 2.24) is 4.72 Å². The van der Waals surface area contributed by atoms with Gasteiger partial charge in [0.15, 0.2) is 0 Å². The van der Waals surface area contributed by atoms with Crippen molar-refractivity contribution < 1.29 is 13.2 Å². The van der Waals surface area contributed by atoms with Crippen molar-refractivity contribution in [1.29, 1.82) is 0 Å². The Balaban J connectivity index is 2.73. The first-order valence-corrected chi connectivity index (χ1v) is 7.78. The van der Waals surface area contributed by atoms with Gasteiger partial charge in [-0.1, -0.05) is 12.1 Å². The number of ether oxygens (including phenoxy) is 1. The van der Waals surface area contributed by atoms with Crippen molar-refractivity contribution in [2.24, 2.45) is 5.73 Å². The zero-order chi connectivity index (χ0) is 14.3. The molecule has 1 atom stereocenters. The highest BCUT2D eigenvalue weighted by molar-refractivity contribution is 7.89. The molecule has 3 N–H and O–H groups in total. The maximum absolute atomic E-state index is 12.1. The van der Waals surface area contributed by atoms with Crippen molar-refractivity contribution in [3.63, 3.8) is 0 Å². The lowest BCUT2D eigenvalue weighted by atomic mass is 10.1. The van der Waals surface area contributed by atoms with Crippen LogP contribution < -0.4 is 10.5 Å². The average Bonchev–Trinajstić information content (AvgIpc) is 2.36. The number of rotatable bonds is 8. The van der Waals surface area contributed by atoms with Crippen molar-refractivity contribution in [3.05, 3.63) is 29.8 Å². The lowest BCUT2D eigenvalue weighted by Gasteiger charge is -2.13. The quantitative estimate of drug-likeness (QED) is 0.743. The van der Waals surface area contributed by atoms with Gasteiger partial charge in [0.25, 0.3) is 0 Å². The number of aryl methyl sites for hydroxylation is 1. The zero-order valence-corrected chi connectivity index (χ0v) is 12.2. The minimum Gasteiger partial charge on any atom is -0.383 e. The summed E-state index contributed by atoms with van der Waals surface area (Å²) in [6, 6.07) is 6.63. The molecule has 0 heterocycles. The largest absolute Gasteiger partial charge is 0.383 e. The number of benzene rings is 1. The summed E-state index contributed by atoms with van der Waals surface area (Å²) >= 11 is 0. The minimum atomic E-state index is -3.47. The summed E-state index contributed by atoms with van der Waals surface area (Å²) < 4.78 is 31.6. The highest BCUT2D eigenvalue weighted by atomic mass is 32.2. The van der Waals surface area contributed by atoms with E-state index in [9.17, 15) is 8.42 Å². The van der Waals surface area contributed by atoms with Gasteiger partial charge in [0.2, 0.25) is 10.0 Å². The van der Waals surface area contributed by atoms with E-state index in [2.05, 4.69) is 4.72 Å². The van der Waals surface area contributed by atoms with Crippen LogP contribution in [-0.2, 0) is 21.2 Å². The van der Waals surface area contributed by atoms with E-state index in [-0.39, 0.29) is 10.9 Å². The SMILES string of the molecule is COCC(C)NS(=O)(=O)c1ccc(CCCN)cc1. The molecule has 0 fully saturated rings. The molecule has 19 heavy (non-hydrogen) atoms. The third-order valence-electron chi connectivity index (χ3n) is 2.68. The van der Waals surface area contributed by atoms with Gasteiger partial charge in [0.1, 0.15) is 0 Å². The fourth-order valence-electron chi connectivity index (χ4n) is 1.76. The Bertz CT molecular complexity index is 471. The third kappa shape index (κ3) is 5.28. The summed E-state index contributed by atoms with van der Waals surface area (Å²) in [7, 11) is -1.93. The molecule has 0 aliphatic rings. The van der Waals surface area contributed by atoms with Gasteiger partial charge in [0, 0.05) is 13.2 Å². The second-order valence-electron chi connectivity index (χ2n) is 4.51. The second-order valence-corrected chi connectivity index (χ2v) is 6.23. The maximum atomic E-state index is 12.1. The topological polar surface area (TPSA) is 81.4 Å². The first kappa shape index (κ1) is 16.1. The smallest absolute Gasteiger partial charge is 0.240 e. The molecule has 0 aliphatic heterocycles. The van der Waals surface area contributed by atoms with Gasteiger partial charge in [-0.25, -0.2) is 13.1 Å². The predicted octanol–water partition coefficient (Wildman–Crippen LogP) is 0.891. The van der Waals surface area contributed by atoms with Crippen LogP contribution >= 0.6 is 0 Å². The number of sulfonamides is 1. The van der Waals surface area contributed by atoms with Gasteiger partial charge < -0.3 is 10.5 Å². The molecular weight excluding hydrogens is 264 g/mol. The van der Waals surface area contributed by atoms with Crippen LogP contribution in [0.2, 0.25) is 0 Å². The number of methoxy groups -OCH3 is 1. The van der Waals surface area contributed by atoms with Gasteiger partial charge >= 0.3 is 0 Å². The molecule has 0 radical (unpaired) electrons. The monoisotopic (exact) mass is 286 g/mol. The molecule has 1 unspecified atom stereocenters. The normalized spacial score (nSPS) is 13.4. The fraction of sp³-hybridized carbons (Fsp3) is 0.538. The molecule has 5 nitrogen and oxygen atoms in total. The van der Waals surface area contributed by atoms with Crippen LogP contribution in [-0.4, -0.2) is 34.7 Å². The molecule has 0 saturated carbocycles. The summed E-state index contributed by atoms with van der Waals surface area (Å²) in [6.07, 6.45) is 1.76. The van der Waals surface area contributed by atoms with E-state index < -0.39 is 10.0 Å². The highest BCUT2D eigenvalue weighted by Crippen LogP contribution is 2.12. The van der Waals surface area contributed by atoms with E-state index in [0.717, 1.165) is 18.4 Å². The number of nitrogens with two attached hydrogens (primary N) is 1. The van der Waals surface area contributed by atoms with E-state index in [1.807, 2.05) is 12.1 Å². The molecule has 1 aromatic rings. The Hall–Kier alpha value is -0.950. The number of nitrogens with one attached hydrogen (secondary N) is 1. The Morgan fingerprint density at radius 2 is 1.95 bits per heavy atom. The summed E-state index contributed by atoms with van der Waals surface area (Å²) in [6.45, 7) is 2.74. The fourth-order valence-corrected chi connectivity index (χ4v) is 2.99. The Morgan fingerprint density at radius 1 is 1.32 bits per heavy atom. The van der Waals surface area contributed by atoms with Crippen molar-refractivity contribution in [3.8, 4) is 0 Å². The van der Waals surface area contributed by atoms with Crippen LogP contribution in [0.3, 0.4) is 0 Å². The molecule has 1 aromatic carbocycles. The molecule has 0 bridgehead atoms. The van der Waals surface area contributed by atoms with Crippen molar-refractivity contribution in [2.75, 3.05) is 20.3 Å². The predicted molar refractivity (Wildman–Crippen MR) is 75.5 cm³/mol. The zero-order valence-electron chi connectivity index (χ0n) is 11.4. The first-order chi connectivity index (χ1) is 8.99. The van der Waals surface area contributed by atoms with Crippen LogP contribution in [0.25, 0.3) is 0 Å². The molecule has 0 aromatic heterocycles. The molecule has 0 spiro atoms. The highest BCUT2D eigenvalue weighted by Gasteiger charge is 2.16. The molecule has 0 amide bonds. The molecule has 108 valence electrons. The maximum Gasteiger partial charge on any atom is 0.240 e. The van der Waals surface area contributed by atoms with E-state index >= 15 is 0 Å². The van der Waals surface area contributed by atoms with Crippen LogP contribution in [0.4, 0.5) is 0 Å². The van der Waals surface area contributed by atoms with Crippen LogP contribution in [0.5, 0.6) is 0 Å². The van der Waals surface area contributed by atoms with Gasteiger partial charge in [-0.15, -0.1) is 0 Å². The summed E-state index contributed by atoms with van der Waals surface area (Å²) in [4.78, 5) is 0.270. The number of hydrogen-bond donors (Lipinski definition) is 2.